The van der Waals surface area contributed by atoms with E-state index in [4.69, 9.17) is 10.6 Å². The van der Waals surface area contributed by atoms with Crippen molar-refractivity contribution in [3.63, 3.8) is 0 Å². The molecule has 0 spiro atoms. The second-order valence-electron chi connectivity index (χ2n) is 4.81. The summed E-state index contributed by atoms with van der Waals surface area (Å²) in [5.41, 5.74) is 4.09. The Bertz CT molecular complexity index is 360. The first kappa shape index (κ1) is 13.3. The van der Waals surface area contributed by atoms with Crippen LogP contribution in [0.2, 0.25) is 0 Å². The van der Waals surface area contributed by atoms with Crippen molar-refractivity contribution < 1.29 is 4.74 Å². The van der Waals surface area contributed by atoms with Crippen molar-refractivity contribution in [3.05, 3.63) is 33.4 Å². The fourth-order valence-corrected chi connectivity index (χ4v) is 2.74. The highest BCUT2D eigenvalue weighted by Crippen LogP contribution is 2.30. The van der Waals surface area contributed by atoms with Gasteiger partial charge in [-0.2, -0.15) is 0 Å². The smallest absolute Gasteiger partial charge is 0.0824 e. The second kappa shape index (κ2) is 5.65. The average Bonchev–Trinajstić information content (AvgIpc) is 2.76. The second-order valence-corrected chi connectivity index (χ2v) is 6.06. The summed E-state index contributed by atoms with van der Waals surface area (Å²) in [7, 11) is 0. The van der Waals surface area contributed by atoms with Gasteiger partial charge < -0.3 is 4.74 Å². The van der Waals surface area contributed by atoms with Crippen LogP contribution in [0.15, 0.2) is 24.3 Å². The third-order valence-electron chi connectivity index (χ3n) is 3.54. The number of halogens is 1. The van der Waals surface area contributed by atoms with E-state index in [0.717, 1.165) is 25.9 Å². The monoisotopic (exact) mass is 346 g/mol. The van der Waals surface area contributed by atoms with E-state index in [2.05, 4.69) is 59.2 Å². The van der Waals surface area contributed by atoms with Crippen LogP contribution in [0.1, 0.15) is 25.3 Å². The van der Waals surface area contributed by atoms with Gasteiger partial charge in [0.1, 0.15) is 0 Å². The number of rotatable bonds is 4. The molecule has 4 heteroatoms. The number of nitrogens with one attached hydrogen (secondary N) is 1. The van der Waals surface area contributed by atoms with Crippen LogP contribution in [-0.2, 0) is 11.2 Å². The standard InChI is InChI=1S/C13H19IN2O/c1-13(7-2-8-17-13)12(16-15)9-10-3-5-11(14)6-4-10/h3-6,12,16H,2,7-9,15H2,1H3. The van der Waals surface area contributed by atoms with Gasteiger partial charge in [-0.1, -0.05) is 12.1 Å². The zero-order valence-corrected chi connectivity index (χ0v) is 12.2. The first-order valence-corrected chi connectivity index (χ1v) is 7.06. The lowest BCUT2D eigenvalue weighted by molar-refractivity contribution is -0.0115. The van der Waals surface area contributed by atoms with Crippen molar-refractivity contribution in [3.8, 4) is 0 Å². The first-order valence-electron chi connectivity index (χ1n) is 5.98. The molecule has 0 saturated carbocycles. The molecule has 1 aliphatic heterocycles. The highest BCUT2D eigenvalue weighted by atomic mass is 127. The fraction of sp³-hybridized carbons (Fsp3) is 0.538. The molecule has 3 N–H and O–H groups in total. The van der Waals surface area contributed by atoms with Gasteiger partial charge in [-0.3, -0.25) is 11.3 Å². The Morgan fingerprint density at radius 2 is 2.18 bits per heavy atom. The number of nitrogens with two attached hydrogens (primary N) is 1. The Balaban J connectivity index is 2.06. The van der Waals surface area contributed by atoms with E-state index in [-0.39, 0.29) is 11.6 Å². The van der Waals surface area contributed by atoms with E-state index in [1.165, 1.54) is 9.13 Å². The van der Waals surface area contributed by atoms with Gasteiger partial charge in [0, 0.05) is 10.2 Å². The van der Waals surface area contributed by atoms with E-state index >= 15 is 0 Å². The van der Waals surface area contributed by atoms with Gasteiger partial charge in [-0.05, 0) is 66.5 Å². The number of hydrogen-bond acceptors (Lipinski definition) is 3. The highest BCUT2D eigenvalue weighted by Gasteiger charge is 2.37. The molecule has 1 aliphatic rings. The van der Waals surface area contributed by atoms with Crippen LogP contribution in [0.5, 0.6) is 0 Å². The summed E-state index contributed by atoms with van der Waals surface area (Å²) in [6, 6.07) is 8.74. The fourth-order valence-electron chi connectivity index (χ4n) is 2.38. The summed E-state index contributed by atoms with van der Waals surface area (Å²) in [5.74, 6) is 5.68. The molecule has 1 aromatic rings. The maximum Gasteiger partial charge on any atom is 0.0824 e. The Hall–Kier alpha value is -0.170. The lowest BCUT2D eigenvalue weighted by Gasteiger charge is -2.33. The molecule has 1 saturated heterocycles. The molecule has 2 unspecified atom stereocenters. The van der Waals surface area contributed by atoms with Gasteiger partial charge in [0.2, 0.25) is 0 Å². The first-order chi connectivity index (χ1) is 8.14. The predicted molar refractivity (Wildman–Crippen MR) is 77.6 cm³/mol. The molecule has 1 heterocycles. The van der Waals surface area contributed by atoms with Crippen LogP contribution < -0.4 is 11.3 Å². The molecule has 1 aromatic carbocycles. The molecular formula is C13H19IN2O. The third-order valence-corrected chi connectivity index (χ3v) is 4.26. The van der Waals surface area contributed by atoms with Crippen molar-refractivity contribution in [2.24, 2.45) is 5.84 Å². The largest absolute Gasteiger partial charge is 0.374 e. The minimum absolute atomic E-state index is 0.127. The lowest BCUT2D eigenvalue weighted by atomic mass is 9.89. The number of hydrogen-bond donors (Lipinski definition) is 2. The molecule has 1 fully saturated rings. The van der Waals surface area contributed by atoms with Crippen molar-refractivity contribution in [1.82, 2.24) is 5.43 Å². The number of ether oxygens (including phenoxy) is 1. The summed E-state index contributed by atoms with van der Waals surface area (Å²) in [6.07, 6.45) is 3.11. The summed E-state index contributed by atoms with van der Waals surface area (Å²) < 4.78 is 7.10. The summed E-state index contributed by atoms with van der Waals surface area (Å²) in [6.45, 7) is 3.00. The molecule has 0 aromatic heterocycles. The summed E-state index contributed by atoms with van der Waals surface area (Å²) in [4.78, 5) is 0. The maximum absolute atomic E-state index is 5.85. The third kappa shape index (κ3) is 3.19. The minimum atomic E-state index is -0.127. The normalized spacial score (nSPS) is 26.1. The highest BCUT2D eigenvalue weighted by molar-refractivity contribution is 14.1. The van der Waals surface area contributed by atoms with Gasteiger partial charge in [0.15, 0.2) is 0 Å². The van der Waals surface area contributed by atoms with Crippen molar-refractivity contribution in [1.29, 1.82) is 0 Å². The molecule has 0 aliphatic carbocycles. The molecule has 94 valence electrons. The molecule has 2 rings (SSSR count). The SMILES string of the molecule is CC1(C(Cc2ccc(I)cc2)NN)CCCO1. The Morgan fingerprint density at radius 1 is 1.47 bits per heavy atom. The van der Waals surface area contributed by atoms with Gasteiger partial charge >= 0.3 is 0 Å². The zero-order chi connectivity index (χ0) is 12.3. The van der Waals surface area contributed by atoms with Crippen LogP contribution in [0.25, 0.3) is 0 Å². The van der Waals surface area contributed by atoms with Crippen LogP contribution in [0, 0.1) is 3.57 Å². The van der Waals surface area contributed by atoms with Crippen LogP contribution in [0.4, 0.5) is 0 Å². The van der Waals surface area contributed by atoms with Crippen LogP contribution in [-0.4, -0.2) is 18.2 Å². The van der Waals surface area contributed by atoms with E-state index in [1.807, 2.05) is 0 Å². The Labute approximate surface area is 116 Å². The van der Waals surface area contributed by atoms with Gasteiger partial charge in [-0.25, -0.2) is 0 Å². The molecular weight excluding hydrogens is 327 g/mol. The molecule has 3 nitrogen and oxygen atoms in total. The van der Waals surface area contributed by atoms with Crippen molar-refractivity contribution >= 4 is 22.6 Å². The predicted octanol–water partition coefficient (Wildman–Crippen LogP) is 2.23. The van der Waals surface area contributed by atoms with Gasteiger partial charge in [0.05, 0.1) is 11.6 Å². The number of benzene rings is 1. The molecule has 0 amide bonds. The minimum Gasteiger partial charge on any atom is -0.374 e. The van der Waals surface area contributed by atoms with Gasteiger partial charge in [0.25, 0.3) is 0 Å². The molecule has 17 heavy (non-hydrogen) atoms. The van der Waals surface area contributed by atoms with Gasteiger partial charge in [-0.15, -0.1) is 0 Å². The average molecular weight is 346 g/mol. The van der Waals surface area contributed by atoms with E-state index in [0.29, 0.717) is 0 Å². The van der Waals surface area contributed by atoms with Crippen LogP contribution in [0.3, 0.4) is 0 Å². The summed E-state index contributed by atoms with van der Waals surface area (Å²) >= 11 is 2.32. The van der Waals surface area contributed by atoms with Crippen molar-refractivity contribution in [2.75, 3.05) is 6.61 Å². The van der Waals surface area contributed by atoms with E-state index in [9.17, 15) is 0 Å². The molecule has 2 atom stereocenters. The summed E-state index contributed by atoms with van der Waals surface area (Å²) in [5, 5.41) is 0. The zero-order valence-electron chi connectivity index (χ0n) is 10.1. The quantitative estimate of drug-likeness (QED) is 0.499. The number of hydrazine groups is 1. The Kier molecular flexibility index (Phi) is 4.41. The van der Waals surface area contributed by atoms with Crippen molar-refractivity contribution in [2.45, 2.75) is 37.8 Å². The van der Waals surface area contributed by atoms with Crippen LogP contribution >= 0.6 is 22.6 Å². The topological polar surface area (TPSA) is 47.3 Å². The van der Waals surface area contributed by atoms with E-state index in [1.54, 1.807) is 0 Å². The maximum atomic E-state index is 5.85. The molecule has 0 radical (unpaired) electrons. The molecule has 0 bridgehead atoms. The lowest BCUT2D eigenvalue weighted by Crippen LogP contribution is -2.52. The Morgan fingerprint density at radius 3 is 2.71 bits per heavy atom. The van der Waals surface area contributed by atoms with E-state index < -0.39 is 0 Å².